The second-order valence-corrected chi connectivity index (χ2v) is 10.7. The third kappa shape index (κ3) is 4.81. The van der Waals surface area contributed by atoms with Crippen LogP contribution >= 0.6 is 0 Å². The number of hydrogen-bond acceptors (Lipinski definition) is 7. The Balaban J connectivity index is 1.52. The van der Waals surface area contributed by atoms with Crippen molar-refractivity contribution in [2.24, 2.45) is 0 Å². The molecule has 0 radical (unpaired) electrons. The number of fused-ring (bicyclic) bond motifs is 1. The Bertz CT molecular complexity index is 816. The van der Waals surface area contributed by atoms with Gasteiger partial charge in [0.2, 0.25) is 0 Å². The Hall–Kier alpha value is -1.22. The fraction of sp³-hybridized carbons (Fsp3) is 0.769. The van der Waals surface area contributed by atoms with E-state index < -0.39 is 23.5 Å². The first-order valence-corrected chi connectivity index (χ1v) is 12.4. The van der Waals surface area contributed by atoms with Crippen molar-refractivity contribution >= 4 is 0 Å². The minimum Gasteiger partial charge on any atom is -0.497 e. The highest BCUT2D eigenvalue weighted by Crippen LogP contribution is 2.49. The van der Waals surface area contributed by atoms with Gasteiger partial charge in [0.1, 0.15) is 24.1 Å². The quantitative estimate of drug-likeness (QED) is 0.631. The van der Waals surface area contributed by atoms with Crippen molar-refractivity contribution in [3.05, 3.63) is 29.8 Å². The molecule has 3 heterocycles. The predicted octanol–water partition coefficient (Wildman–Crippen LogP) is 4.66. The van der Waals surface area contributed by atoms with Gasteiger partial charge in [0.25, 0.3) is 0 Å². The molecule has 3 aliphatic heterocycles. The maximum Gasteiger partial charge on any atom is 0.198 e. The highest BCUT2D eigenvalue weighted by atomic mass is 16.8. The van der Waals surface area contributed by atoms with E-state index in [1.54, 1.807) is 7.11 Å². The Kier molecular flexibility index (Phi) is 6.25. The van der Waals surface area contributed by atoms with Crippen LogP contribution in [0, 0.1) is 0 Å². The molecule has 184 valence electrons. The molecule has 4 fully saturated rings. The highest BCUT2D eigenvalue weighted by molar-refractivity contribution is 5.31. The van der Waals surface area contributed by atoms with E-state index in [4.69, 9.17) is 33.2 Å². The maximum atomic E-state index is 6.95. The van der Waals surface area contributed by atoms with Crippen molar-refractivity contribution in [1.82, 2.24) is 0 Å². The van der Waals surface area contributed by atoms with E-state index in [1.165, 1.54) is 19.3 Å². The molecule has 1 aromatic carbocycles. The molecular formula is C26H38O7. The first kappa shape index (κ1) is 23.5. The molecule has 5 atom stereocenters. The summed E-state index contributed by atoms with van der Waals surface area (Å²) in [4.78, 5) is 0. The zero-order chi connectivity index (χ0) is 23.3. The highest BCUT2D eigenvalue weighted by Gasteiger charge is 2.60. The molecule has 1 aliphatic carbocycles. The van der Waals surface area contributed by atoms with Crippen molar-refractivity contribution in [2.45, 2.75) is 114 Å². The van der Waals surface area contributed by atoms with Crippen LogP contribution < -0.4 is 4.74 Å². The van der Waals surface area contributed by atoms with E-state index in [2.05, 4.69) is 0 Å². The van der Waals surface area contributed by atoms with Gasteiger partial charge in [0.15, 0.2) is 17.4 Å². The molecule has 0 amide bonds. The van der Waals surface area contributed by atoms with E-state index in [0.717, 1.165) is 24.2 Å². The van der Waals surface area contributed by atoms with Gasteiger partial charge in [0.05, 0.1) is 25.9 Å². The van der Waals surface area contributed by atoms with Crippen LogP contribution in [0.2, 0.25) is 0 Å². The number of rotatable bonds is 5. The van der Waals surface area contributed by atoms with E-state index in [-0.39, 0.29) is 24.4 Å². The lowest BCUT2D eigenvalue weighted by Crippen LogP contribution is -2.58. The molecule has 0 aromatic heterocycles. The lowest BCUT2D eigenvalue weighted by Gasteiger charge is -2.48. The molecule has 3 saturated heterocycles. The first-order chi connectivity index (χ1) is 15.7. The summed E-state index contributed by atoms with van der Waals surface area (Å²) in [7, 11) is 1.67. The largest absolute Gasteiger partial charge is 0.497 e. The normalized spacial score (nSPS) is 38.2. The second kappa shape index (κ2) is 8.77. The average molecular weight is 463 g/mol. The van der Waals surface area contributed by atoms with Gasteiger partial charge >= 0.3 is 0 Å². The van der Waals surface area contributed by atoms with Gasteiger partial charge in [-0.1, -0.05) is 19.3 Å². The summed E-state index contributed by atoms with van der Waals surface area (Å²) >= 11 is 0. The smallest absolute Gasteiger partial charge is 0.198 e. The summed E-state index contributed by atoms with van der Waals surface area (Å²) in [6.07, 6.45) is 5.28. The van der Waals surface area contributed by atoms with Crippen LogP contribution in [0.1, 0.15) is 71.8 Å². The van der Waals surface area contributed by atoms with Gasteiger partial charge in [-0.05, 0) is 64.8 Å². The Labute approximate surface area is 197 Å². The van der Waals surface area contributed by atoms with Crippen LogP contribution in [-0.4, -0.2) is 55.8 Å². The summed E-state index contributed by atoms with van der Waals surface area (Å²) in [6.45, 7) is 8.20. The molecule has 0 N–H and O–H groups in total. The van der Waals surface area contributed by atoms with E-state index >= 15 is 0 Å². The van der Waals surface area contributed by atoms with E-state index in [1.807, 2.05) is 52.0 Å². The van der Waals surface area contributed by atoms with Crippen LogP contribution in [0.4, 0.5) is 0 Å². The summed E-state index contributed by atoms with van der Waals surface area (Å²) in [5.41, 5.74) is 0.962. The third-order valence-corrected chi connectivity index (χ3v) is 7.18. The van der Waals surface area contributed by atoms with Crippen LogP contribution in [0.3, 0.4) is 0 Å². The fourth-order valence-corrected chi connectivity index (χ4v) is 5.69. The lowest BCUT2D eigenvalue weighted by molar-refractivity contribution is -0.345. The van der Waals surface area contributed by atoms with E-state index in [0.29, 0.717) is 13.0 Å². The van der Waals surface area contributed by atoms with Gasteiger partial charge in [-0.25, -0.2) is 0 Å². The maximum absolute atomic E-state index is 6.95. The topological polar surface area (TPSA) is 64.6 Å². The monoisotopic (exact) mass is 462 g/mol. The third-order valence-electron chi connectivity index (χ3n) is 7.18. The van der Waals surface area contributed by atoms with Gasteiger partial charge in [0, 0.05) is 12.0 Å². The molecule has 1 aromatic rings. The minimum absolute atomic E-state index is 0.144. The first-order valence-electron chi connectivity index (χ1n) is 12.4. The molecule has 7 heteroatoms. The predicted molar refractivity (Wildman–Crippen MR) is 121 cm³/mol. The molecule has 5 rings (SSSR count). The molecule has 0 spiro atoms. The summed E-state index contributed by atoms with van der Waals surface area (Å²) in [5, 5.41) is 0. The Morgan fingerprint density at radius 1 is 0.788 bits per heavy atom. The number of methoxy groups -OCH3 is 1. The average Bonchev–Trinajstić information content (AvgIpc) is 3.30. The van der Waals surface area contributed by atoms with Crippen molar-refractivity contribution < 1.29 is 33.2 Å². The van der Waals surface area contributed by atoms with Crippen LogP contribution in [0.5, 0.6) is 5.75 Å². The zero-order valence-electron chi connectivity index (χ0n) is 20.5. The van der Waals surface area contributed by atoms with Crippen molar-refractivity contribution in [1.29, 1.82) is 0 Å². The minimum atomic E-state index is -0.958. The lowest BCUT2D eigenvalue weighted by atomic mass is 9.88. The standard InChI is InChI=1S/C26H38O7/c1-24(2)28-16-21(31-24)23-22-20(30-25(3,4)32-22)15-26(33-23,29-19-9-7-6-8-10-19)17-11-13-18(27-5)14-12-17/h11-14,19-23H,6-10,15-16H2,1-5H3/t20-,21-,22-,23-,26+/m1/s1. The van der Waals surface area contributed by atoms with Crippen molar-refractivity contribution in [2.75, 3.05) is 13.7 Å². The Morgan fingerprint density at radius 2 is 1.45 bits per heavy atom. The molecule has 0 unspecified atom stereocenters. The van der Waals surface area contributed by atoms with Crippen molar-refractivity contribution in [3.63, 3.8) is 0 Å². The Morgan fingerprint density at radius 3 is 2.09 bits per heavy atom. The van der Waals surface area contributed by atoms with Gasteiger partial charge in [-0.3, -0.25) is 0 Å². The summed E-state index contributed by atoms with van der Waals surface area (Å²) < 4.78 is 44.2. The molecule has 7 nitrogen and oxygen atoms in total. The van der Waals surface area contributed by atoms with Crippen molar-refractivity contribution in [3.8, 4) is 5.75 Å². The second-order valence-electron chi connectivity index (χ2n) is 10.7. The fourth-order valence-electron chi connectivity index (χ4n) is 5.69. The van der Waals surface area contributed by atoms with Gasteiger partial charge in [-0.2, -0.15) is 0 Å². The molecule has 0 bridgehead atoms. The number of ether oxygens (including phenoxy) is 7. The SMILES string of the molecule is COc1ccc([C@]2(OC3CCCCC3)C[C@H]3OC(C)(C)O[C@H]3[C@@H]([C@H]3COC(C)(C)O3)O2)cc1. The zero-order valence-corrected chi connectivity index (χ0v) is 20.5. The van der Waals surface area contributed by atoms with Gasteiger partial charge < -0.3 is 33.2 Å². The molecule has 1 saturated carbocycles. The summed E-state index contributed by atoms with van der Waals surface area (Å²) in [5.74, 6) is -1.52. The number of benzene rings is 1. The van der Waals surface area contributed by atoms with Crippen LogP contribution in [-0.2, 0) is 34.2 Å². The van der Waals surface area contributed by atoms with Crippen LogP contribution in [0.25, 0.3) is 0 Å². The number of hydrogen-bond donors (Lipinski definition) is 0. The molecular weight excluding hydrogens is 424 g/mol. The molecule has 33 heavy (non-hydrogen) atoms. The van der Waals surface area contributed by atoms with Crippen LogP contribution in [0.15, 0.2) is 24.3 Å². The summed E-state index contributed by atoms with van der Waals surface area (Å²) in [6, 6.07) is 7.99. The van der Waals surface area contributed by atoms with E-state index in [9.17, 15) is 0 Å². The molecule has 4 aliphatic rings. The van der Waals surface area contributed by atoms with Gasteiger partial charge in [-0.15, -0.1) is 0 Å².